The highest BCUT2D eigenvalue weighted by molar-refractivity contribution is 5.82. The second kappa shape index (κ2) is 7.79. The molecule has 0 spiro atoms. The second-order valence-corrected chi connectivity index (χ2v) is 5.39. The van der Waals surface area contributed by atoms with Crippen molar-refractivity contribution in [3.8, 4) is 5.75 Å². The molecule has 1 saturated heterocycles. The quantitative estimate of drug-likeness (QED) is 0.795. The fourth-order valence-electron chi connectivity index (χ4n) is 2.41. The van der Waals surface area contributed by atoms with E-state index in [-0.39, 0.29) is 18.4 Å². The molecule has 1 aromatic carbocycles. The standard InChI is InChI=1S/C16H21NO5/c1-11(18)17-15(16(19)20)9-12-4-2-5-13(8-12)22-10-14-6-3-7-21-14/h2,4-5,8,14-15H,3,6-7,9-10H2,1H3,(H,17,18)(H,19,20). The van der Waals surface area contributed by atoms with Crippen molar-refractivity contribution in [2.45, 2.75) is 38.3 Å². The summed E-state index contributed by atoms with van der Waals surface area (Å²) in [5.41, 5.74) is 0.797. The van der Waals surface area contributed by atoms with Gasteiger partial charge in [-0.15, -0.1) is 0 Å². The fraction of sp³-hybridized carbons (Fsp3) is 0.500. The van der Waals surface area contributed by atoms with Gasteiger partial charge in [-0.05, 0) is 30.5 Å². The van der Waals surface area contributed by atoms with Crippen molar-refractivity contribution in [1.82, 2.24) is 5.32 Å². The molecule has 0 radical (unpaired) electrons. The number of carbonyl (C=O) groups is 2. The Kier molecular flexibility index (Phi) is 5.77. The van der Waals surface area contributed by atoms with Crippen molar-refractivity contribution >= 4 is 11.9 Å². The van der Waals surface area contributed by atoms with E-state index in [2.05, 4.69) is 5.32 Å². The van der Waals surface area contributed by atoms with Gasteiger partial charge in [-0.2, -0.15) is 0 Å². The number of carboxylic acids is 1. The number of rotatable bonds is 7. The van der Waals surface area contributed by atoms with E-state index in [1.54, 1.807) is 6.07 Å². The first-order valence-corrected chi connectivity index (χ1v) is 7.38. The van der Waals surface area contributed by atoms with Crippen molar-refractivity contribution in [2.24, 2.45) is 0 Å². The molecular formula is C16H21NO5. The molecule has 0 aromatic heterocycles. The van der Waals surface area contributed by atoms with Crippen LogP contribution in [0.3, 0.4) is 0 Å². The number of aliphatic carboxylic acids is 1. The van der Waals surface area contributed by atoms with E-state index in [1.165, 1.54) is 6.92 Å². The Balaban J connectivity index is 1.94. The van der Waals surface area contributed by atoms with E-state index in [1.807, 2.05) is 18.2 Å². The summed E-state index contributed by atoms with van der Waals surface area (Å²) in [7, 11) is 0. The normalized spacial score (nSPS) is 18.7. The molecule has 1 aliphatic heterocycles. The first-order chi connectivity index (χ1) is 10.5. The average molecular weight is 307 g/mol. The van der Waals surface area contributed by atoms with Crippen LogP contribution in [0.2, 0.25) is 0 Å². The van der Waals surface area contributed by atoms with Gasteiger partial charge in [0.05, 0.1) is 6.10 Å². The molecule has 2 rings (SSSR count). The first kappa shape index (κ1) is 16.3. The van der Waals surface area contributed by atoms with Gasteiger partial charge < -0.3 is 19.9 Å². The molecule has 1 aromatic rings. The van der Waals surface area contributed by atoms with E-state index in [9.17, 15) is 9.59 Å². The predicted molar refractivity (Wildman–Crippen MR) is 79.9 cm³/mol. The maximum Gasteiger partial charge on any atom is 0.326 e. The van der Waals surface area contributed by atoms with Crippen LogP contribution in [0.1, 0.15) is 25.3 Å². The average Bonchev–Trinajstić information content (AvgIpc) is 2.97. The van der Waals surface area contributed by atoms with Gasteiger partial charge in [-0.25, -0.2) is 4.79 Å². The van der Waals surface area contributed by atoms with Gasteiger partial charge in [-0.1, -0.05) is 12.1 Å². The smallest absolute Gasteiger partial charge is 0.326 e. The van der Waals surface area contributed by atoms with Crippen LogP contribution >= 0.6 is 0 Å². The van der Waals surface area contributed by atoms with Crippen molar-refractivity contribution in [3.05, 3.63) is 29.8 Å². The maximum atomic E-state index is 11.2. The van der Waals surface area contributed by atoms with Gasteiger partial charge in [0, 0.05) is 20.0 Å². The van der Waals surface area contributed by atoms with Crippen LogP contribution in [0.5, 0.6) is 5.75 Å². The van der Waals surface area contributed by atoms with Crippen LogP contribution in [0, 0.1) is 0 Å². The first-order valence-electron chi connectivity index (χ1n) is 7.38. The Morgan fingerprint density at radius 3 is 2.95 bits per heavy atom. The summed E-state index contributed by atoms with van der Waals surface area (Å²) in [6.45, 7) is 2.58. The lowest BCUT2D eigenvalue weighted by atomic mass is 10.1. The largest absolute Gasteiger partial charge is 0.491 e. The van der Waals surface area contributed by atoms with Gasteiger partial charge in [0.1, 0.15) is 18.4 Å². The van der Waals surface area contributed by atoms with E-state index in [0.717, 1.165) is 25.0 Å². The summed E-state index contributed by atoms with van der Waals surface area (Å²) in [5, 5.41) is 11.6. The van der Waals surface area contributed by atoms with Gasteiger partial charge in [-0.3, -0.25) is 4.79 Å². The number of carboxylic acid groups (broad SMARTS) is 1. The van der Waals surface area contributed by atoms with E-state index in [0.29, 0.717) is 12.4 Å². The fourth-order valence-corrected chi connectivity index (χ4v) is 2.41. The van der Waals surface area contributed by atoms with Crippen LogP contribution in [0.15, 0.2) is 24.3 Å². The van der Waals surface area contributed by atoms with Crippen LogP contribution < -0.4 is 10.1 Å². The molecule has 0 aliphatic carbocycles. The third kappa shape index (κ3) is 5.04. The minimum absolute atomic E-state index is 0.134. The number of amides is 1. The molecule has 0 bridgehead atoms. The third-order valence-corrected chi connectivity index (χ3v) is 3.47. The van der Waals surface area contributed by atoms with E-state index < -0.39 is 12.0 Å². The van der Waals surface area contributed by atoms with Crippen LogP contribution in [-0.2, 0) is 20.7 Å². The molecule has 120 valence electrons. The Bertz CT molecular complexity index is 525. The molecule has 1 aliphatic rings. The Hall–Kier alpha value is -2.08. The Morgan fingerprint density at radius 1 is 1.50 bits per heavy atom. The Morgan fingerprint density at radius 2 is 2.32 bits per heavy atom. The summed E-state index contributed by atoms with van der Waals surface area (Å²) in [6, 6.07) is 6.31. The molecule has 2 unspecified atom stereocenters. The lowest BCUT2D eigenvalue weighted by Gasteiger charge is -2.15. The molecule has 2 N–H and O–H groups in total. The topological polar surface area (TPSA) is 84.9 Å². The third-order valence-electron chi connectivity index (χ3n) is 3.47. The molecular weight excluding hydrogens is 286 g/mol. The zero-order valence-corrected chi connectivity index (χ0v) is 12.6. The molecule has 2 atom stereocenters. The Labute approximate surface area is 129 Å². The van der Waals surface area contributed by atoms with Gasteiger partial charge >= 0.3 is 5.97 Å². The van der Waals surface area contributed by atoms with Crippen LogP contribution in [0.4, 0.5) is 0 Å². The van der Waals surface area contributed by atoms with Crippen molar-refractivity contribution in [1.29, 1.82) is 0 Å². The number of benzene rings is 1. The molecule has 1 amide bonds. The summed E-state index contributed by atoms with van der Waals surface area (Å²) >= 11 is 0. The number of hydrogen-bond acceptors (Lipinski definition) is 4. The molecule has 6 heteroatoms. The van der Waals surface area contributed by atoms with Crippen LogP contribution in [0.25, 0.3) is 0 Å². The summed E-state index contributed by atoms with van der Waals surface area (Å²) in [5.74, 6) is -0.737. The highest BCUT2D eigenvalue weighted by Gasteiger charge is 2.19. The SMILES string of the molecule is CC(=O)NC(Cc1cccc(OCC2CCCO2)c1)C(=O)O. The maximum absolute atomic E-state index is 11.2. The van der Waals surface area contributed by atoms with Gasteiger partial charge in [0.25, 0.3) is 0 Å². The highest BCUT2D eigenvalue weighted by atomic mass is 16.5. The predicted octanol–water partition coefficient (Wildman–Crippen LogP) is 1.38. The highest BCUT2D eigenvalue weighted by Crippen LogP contribution is 2.18. The number of carbonyl (C=O) groups excluding carboxylic acids is 1. The minimum atomic E-state index is -1.05. The second-order valence-electron chi connectivity index (χ2n) is 5.39. The van der Waals surface area contributed by atoms with Gasteiger partial charge in [0.15, 0.2) is 0 Å². The van der Waals surface area contributed by atoms with Crippen molar-refractivity contribution < 1.29 is 24.2 Å². The lowest BCUT2D eigenvalue weighted by molar-refractivity contribution is -0.141. The van der Waals surface area contributed by atoms with Crippen molar-refractivity contribution in [2.75, 3.05) is 13.2 Å². The molecule has 1 fully saturated rings. The number of hydrogen-bond donors (Lipinski definition) is 2. The van der Waals surface area contributed by atoms with Gasteiger partial charge in [0.2, 0.25) is 5.91 Å². The minimum Gasteiger partial charge on any atom is -0.491 e. The molecule has 0 saturated carbocycles. The molecule has 1 heterocycles. The lowest BCUT2D eigenvalue weighted by Crippen LogP contribution is -2.41. The summed E-state index contributed by atoms with van der Waals surface area (Å²) in [6.07, 6.45) is 2.41. The number of nitrogens with one attached hydrogen (secondary N) is 1. The van der Waals surface area contributed by atoms with E-state index >= 15 is 0 Å². The molecule has 22 heavy (non-hydrogen) atoms. The van der Waals surface area contributed by atoms with Crippen LogP contribution in [-0.4, -0.2) is 42.3 Å². The summed E-state index contributed by atoms with van der Waals surface area (Å²) < 4.78 is 11.2. The zero-order valence-electron chi connectivity index (χ0n) is 12.6. The monoisotopic (exact) mass is 307 g/mol. The molecule has 6 nitrogen and oxygen atoms in total. The van der Waals surface area contributed by atoms with E-state index in [4.69, 9.17) is 14.6 Å². The summed E-state index contributed by atoms with van der Waals surface area (Å²) in [4.78, 5) is 22.2. The number of ether oxygens (including phenoxy) is 2. The van der Waals surface area contributed by atoms with Crippen molar-refractivity contribution in [3.63, 3.8) is 0 Å². The zero-order chi connectivity index (χ0) is 15.9.